The molecule has 0 aliphatic carbocycles. The van der Waals surface area contributed by atoms with E-state index in [2.05, 4.69) is 16.6 Å². The Morgan fingerprint density at radius 2 is 1.90 bits per heavy atom. The molecule has 2 aromatic rings. The molecular formula is C22H20O7. The third-order valence-electron chi connectivity index (χ3n) is 3.98. The standard InChI is InChI=1S/C22H20O7/c1-22(2)28-19-12-18(25-3)15(11-17(19)21(24)29-22)9-8-14-6-5-7-16(10-14)27-13-20(23)26-4/h5-7,10-12H,13H2,1-4H3. The molecular weight excluding hydrogens is 376 g/mol. The maximum absolute atomic E-state index is 12.3. The molecule has 29 heavy (non-hydrogen) atoms. The van der Waals surface area contributed by atoms with Crippen molar-refractivity contribution in [1.82, 2.24) is 0 Å². The van der Waals surface area contributed by atoms with E-state index in [0.29, 0.717) is 28.4 Å². The number of benzene rings is 2. The fourth-order valence-electron chi connectivity index (χ4n) is 2.64. The highest BCUT2D eigenvalue weighted by atomic mass is 16.7. The summed E-state index contributed by atoms with van der Waals surface area (Å²) in [7, 11) is 2.81. The normalized spacial score (nSPS) is 13.7. The van der Waals surface area contributed by atoms with Crippen molar-refractivity contribution in [3.8, 4) is 29.1 Å². The fraction of sp³-hybridized carbons (Fsp3) is 0.273. The number of carbonyl (C=O) groups excluding carboxylic acids is 2. The third kappa shape index (κ3) is 4.79. The molecule has 0 radical (unpaired) electrons. The number of cyclic esters (lactones) is 1. The van der Waals surface area contributed by atoms with Crippen LogP contribution in [-0.4, -0.2) is 38.6 Å². The SMILES string of the molecule is COC(=O)COc1cccc(C#Cc2cc3c(cc2OC)OC(C)(C)OC3=O)c1. The van der Waals surface area contributed by atoms with Crippen molar-refractivity contribution in [2.45, 2.75) is 19.6 Å². The van der Waals surface area contributed by atoms with E-state index in [1.165, 1.54) is 14.2 Å². The van der Waals surface area contributed by atoms with Gasteiger partial charge >= 0.3 is 11.9 Å². The van der Waals surface area contributed by atoms with Crippen molar-refractivity contribution >= 4 is 11.9 Å². The largest absolute Gasteiger partial charge is 0.495 e. The summed E-state index contributed by atoms with van der Waals surface area (Å²) in [5.74, 6) is 5.32. The Labute approximate surface area is 168 Å². The van der Waals surface area contributed by atoms with E-state index < -0.39 is 17.7 Å². The van der Waals surface area contributed by atoms with Crippen LogP contribution >= 0.6 is 0 Å². The van der Waals surface area contributed by atoms with E-state index >= 15 is 0 Å². The minimum atomic E-state index is -1.05. The van der Waals surface area contributed by atoms with Gasteiger partial charge in [0.2, 0.25) is 5.79 Å². The molecule has 2 aromatic carbocycles. The van der Waals surface area contributed by atoms with Gasteiger partial charge in [-0.1, -0.05) is 17.9 Å². The molecule has 0 saturated carbocycles. The molecule has 0 atom stereocenters. The average molecular weight is 396 g/mol. The van der Waals surface area contributed by atoms with Gasteiger partial charge in [0.15, 0.2) is 6.61 Å². The Kier molecular flexibility index (Phi) is 5.64. The lowest BCUT2D eigenvalue weighted by atomic mass is 10.1. The van der Waals surface area contributed by atoms with E-state index in [-0.39, 0.29) is 12.2 Å². The van der Waals surface area contributed by atoms with E-state index in [9.17, 15) is 9.59 Å². The molecule has 7 heteroatoms. The number of methoxy groups -OCH3 is 2. The van der Waals surface area contributed by atoms with E-state index in [0.717, 1.165) is 0 Å². The van der Waals surface area contributed by atoms with Gasteiger partial charge < -0.3 is 23.7 Å². The molecule has 7 nitrogen and oxygen atoms in total. The smallest absolute Gasteiger partial charge is 0.345 e. The quantitative estimate of drug-likeness (QED) is 0.581. The van der Waals surface area contributed by atoms with Gasteiger partial charge in [-0.15, -0.1) is 0 Å². The van der Waals surface area contributed by atoms with E-state index in [1.54, 1.807) is 50.2 Å². The van der Waals surface area contributed by atoms with Gasteiger partial charge in [-0.3, -0.25) is 0 Å². The van der Waals surface area contributed by atoms with Gasteiger partial charge in [0, 0.05) is 25.5 Å². The first-order chi connectivity index (χ1) is 13.8. The lowest BCUT2D eigenvalue weighted by Crippen LogP contribution is -2.38. The highest BCUT2D eigenvalue weighted by molar-refractivity contribution is 5.94. The average Bonchev–Trinajstić information content (AvgIpc) is 2.69. The van der Waals surface area contributed by atoms with Crippen LogP contribution in [0.2, 0.25) is 0 Å². The molecule has 150 valence electrons. The first-order valence-corrected chi connectivity index (χ1v) is 8.77. The molecule has 0 unspecified atom stereocenters. The van der Waals surface area contributed by atoms with Crippen LogP contribution in [0, 0.1) is 11.8 Å². The summed E-state index contributed by atoms with van der Waals surface area (Å²) in [4.78, 5) is 23.5. The predicted molar refractivity (Wildman–Crippen MR) is 103 cm³/mol. The number of hydrogen-bond acceptors (Lipinski definition) is 7. The Bertz CT molecular complexity index is 1010. The minimum Gasteiger partial charge on any atom is -0.495 e. The van der Waals surface area contributed by atoms with Crippen molar-refractivity contribution in [2.24, 2.45) is 0 Å². The molecule has 0 aromatic heterocycles. The third-order valence-corrected chi connectivity index (χ3v) is 3.98. The van der Waals surface area contributed by atoms with E-state index in [4.69, 9.17) is 18.9 Å². The zero-order valence-electron chi connectivity index (χ0n) is 16.5. The molecule has 0 bridgehead atoms. The van der Waals surface area contributed by atoms with Crippen molar-refractivity contribution < 1.29 is 33.3 Å². The van der Waals surface area contributed by atoms with Crippen LogP contribution in [0.3, 0.4) is 0 Å². The molecule has 3 rings (SSSR count). The van der Waals surface area contributed by atoms with Crippen LogP contribution in [0.25, 0.3) is 0 Å². The first kappa shape index (κ1) is 20.1. The Morgan fingerprint density at radius 3 is 2.62 bits per heavy atom. The topological polar surface area (TPSA) is 80.3 Å². The second-order valence-corrected chi connectivity index (χ2v) is 6.58. The summed E-state index contributed by atoms with van der Waals surface area (Å²) in [6.07, 6.45) is 0. The molecule has 1 aliphatic rings. The number of fused-ring (bicyclic) bond motifs is 1. The summed E-state index contributed by atoms with van der Waals surface area (Å²) in [5.41, 5.74) is 1.45. The monoisotopic (exact) mass is 396 g/mol. The summed E-state index contributed by atoms with van der Waals surface area (Å²) < 4.78 is 26.3. The molecule has 1 heterocycles. The van der Waals surface area contributed by atoms with Gasteiger partial charge in [-0.05, 0) is 24.3 Å². The Hall–Kier alpha value is -3.66. The second kappa shape index (κ2) is 8.15. The van der Waals surface area contributed by atoms with Crippen molar-refractivity contribution in [3.05, 3.63) is 53.1 Å². The molecule has 0 fully saturated rings. The lowest BCUT2D eigenvalue weighted by molar-refractivity contribution is -0.142. The number of carbonyl (C=O) groups is 2. The van der Waals surface area contributed by atoms with Crippen molar-refractivity contribution in [2.75, 3.05) is 20.8 Å². The summed E-state index contributed by atoms with van der Waals surface area (Å²) in [6.45, 7) is 3.12. The van der Waals surface area contributed by atoms with Crippen LogP contribution in [-0.2, 0) is 14.3 Å². The van der Waals surface area contributed by atoms with Gasteiger partial charge in [-0.25, -0.2) is 9.59 Å². The number of esters is 2. The van der Waals surface area contributed by atoms with Gasteiger partial charge in [0.05, 0.1) is 19.8 Å². The van der Waals surface area contributed by atoms with Crippen LogP contribution < -0.4 is 14.2 Å². The summed E-state index contributed by atoms with van der Waals surface area (Å²) in [6, 6.07) is 10.2. The van der Waals surface area contributed by atoms with E-state index in [1.807, 2.05) is 0 Å². The molecule has 0 saturated heterocycles. The number of rotatable bonds is 4. The molecule has 0 spiro atoms. The number of hydrogen-bond donors (Lipinski definition) is 0. The zero-order valence-corrected chi connectivity index (χ0v) is 16.5. The van der Waals surface area contributed by atoms with Crippen LogP contribution in [0.15, 0.2) is 36.4 Å². The minimum absolute atomic E-state index is 0.190. The predicted octanol–water partition coefficient (Wildman–Crippen LogP) is 2.93. The highest BCUT2D eigenvalue weighted by Crippen LogP contribution is 2.36. The number of ether oxygens (including phenoxy) is 5. The van der Waals surface area contributed by atoms with Gasteiger partial charge in [0.1, 0.15) is 22.8 Å². The maximum atomic E-state index is 12.3. The van der Waals surface area contributed by atoms with Crippen LogP contribution in [0.5, 0.6) is 17.2 Å². The maximum Gasteiger partial charge on any atom is 0.345 e. The first-order valence-electron chi connectivity index (χ1n) is 8.77. The Morgan fingerprint density at radius 1 is 1.10 bits per heavy atom. The highest BCUT2D eigenvalue weighted by Gasteiger charge is 2.34. The van der Waals surface area contributed by atoms with Crippen molar-refractivity contribution in [1.29, 1.82) is 0 Å². The molecule has 0 N–H and O–H groups in total. The molecule has 0 amide bonds. The van der Waals surface area contributed by atoms with Crippen LogP contribution in [0.4, 0.5) is 0 Å². The van der Waals surface area contributed by atoms with Crippen LogP contribution in [0.1, 0.15) is 35.3 Å². The van der Waals surface area contributed by atoms with Gasteiger partial charge in [0.25, 0.3) is 0 Å². The Balaban J connectivity index is 1.88. The van der Waals surface area contributed by atoms with Crippen molar-refractivity contribution in [3.63, 3.8) is 0 Å². The van der Waals surface area contributed by atoms with Gasteiger partial charge in [-0.2, -0.15) is 0 Å². The second-order valence-electron chi connectivity index (χ2n) is 6.58. The fourth-order valence-corrected chi connectivity index (χ4v) is 2.64. The lowest BCUT2D eigenvalue weighted by Gasteiger charge is -2.31. The zero-order chi connectivity index (χ0) is 21.0. The summed E-state index contributed by atoms with van der Waals surface area (Å²) in [5, 5.41) is 0. The molecule has 1 aliphatic heterocycles. The summed E-state index contributed by atoms with van der Waals surface area (Å²) >= 11 is 0.